The lowest BCUT2D eigenvalue weighted by Gasteiger charge is -2.19. The van der Waals surface area contributed by atoms with E-state index in [0.717, 1.165) is 6.92 Å². The molecule has 0 aliphatic carbocycles. The highest BCUT2D eigenvalue weighted by molar-refractivity contribution is 5.75. The van der Waals surface area contributed by atoms with Crippen LogP contribution >= 0.6 is 0 Å². The van der Waals surface area contributed by atoms with Crippen molar-refractivity contribution in [3.05, 3.63) is 34.4 Å². The van der Waals surface area contributed by atoms with E-state index in [9.17, 15) is 36.2 Å². The molecule has 0 heterocycles. The highest BCUT2D eigenvalue weighted by Gasteiger charge is 2.39. The molecule has 0 saturated carbocycles. The third-order valence-electron chi connectivity index (χ3n) is 2.61. The van der Waals surface area contributed by atoms with Crippen molar-refractivity contribution in [2.24, 2.45) is 0 Å². The Hall–Kier alpha value is -1.77. The Kier molecular flexibility index (Phi) is 4.04. The van der Waals surface area contributed by atoms with Crippen LogP contribution in [-0.2, 0) is 17.1 Å². The fourth-order valence-electron chi connectivity index (χ4n) is 1.61. The van der Waals surface area contributed by atoms with Gasteiger partial charge >= 0.3 is 18.3 Å². The molecule has 20 heavy (non-hydrogen) atoms. The average molecular weight is 302 g/mol. The van der Waals surface area contributed by atoms with Crippen molar-refractivity contribution in [3.63, 3.8) is 0 Å². The topological polar surface area (TPSA) is 57.5 Å². The molecular weight excluding hydrogens is 294 g/mol. The van der Waals surface area contributed by atoms with E-state index in [1.54, 1.807) is 0 Å². The minimum absolute atomic E-state index is 0.118. The van der Waals surface area contributed by atoms with Crippen LogP contribution in [0.3, 0.4) is 0 Å². The Labute approximate surface area is 108 Å². The fourth-order valence-corrected chi connectivity index (χ4v) is 1.61. The number of benzene rings is 1. The summed E-state index contributed by atoms with van der Waals surface area (Å²) in [6, 6.07) is 0.0801. The lowest BCUT2D eigenvalue weighted by atomic mass is 9.94. The second kappa shape index (κ2) is 4.97. The van der Waals surface area contributed by atoms with E-state index >= 15 is 0 Å². The fraction of sp³-hybridized carbons (Fsp3) is 0.364. The average Bonchev–Trinajstić information content (AvgIpc) is 2.24. The van der Waals surface area contributed by atoms with E-state index in [4.69, 9.17) is 5.11 Å². The summed E-state index contributed by atoms with van der Waals surface area (Å²) in [6.45, 7) is 0.796. The predicted molar refractivity (Wildman–Crippen MR) is 53.8 cm³/mol. The summed E-state index contributed by atoms with van der Waals surface area (Å²) in [7, 11) is 0. The molecule has 9 heteroatoms. The minimum atomic E-state index is -5.10. The first-order chi connectivity index (χ1) is 8.85. The van der Waals surface area contributed by atoms with E-state index in [0.29, 0.717) is 0 Å². The van der Waals surface area contributed by atoms with Gasteiger partial charge in [0.2, 0.25) is 0 Å². The van der Waals surface area contributed by atoms with Crippen LogP contribution in [0.2, 0.25) is 0 Å². The molecule has 1 unspecified atom stereocenters. The van der Waals surface area contributed by atoms with Crippen LogP contribution in [0.25, 0.3) is 0 Å². The molecule has 0 aromatic heterocycles. The van der Waals surface area contributed by atoms with E-state index in [2.05, 4.69) is 0 Å². The SMILES string of the molecule is Cc1c(C(O)C(=O)O)cc(C(F)(F)F)cc1C(F)(F)F. The van der Waals surface area contributed by atoms with Crippen LogP contribution in [0.1, 0.15) is 28.4 Å². The number of carboxylic acids is 1. The molecule has 0 aliphatic rings. The largest absolute Gasteiger partial charge is 0.479 e. The zero-order chi connectivity index (χ0) is 15.9. The van der Waals surface area contributed by atoms with Crippen molar-refractivity contribution < 1.29 is 41.4 Å². The molecule has 0 radical (unpaired) electrons. The molecule has 1 aromatic carbocycles. The molecular formula is C11H8F6O3. The predicted octanol–water partition coefficient (Wildman–Crippen LogP) is 3.15. The first-order valence-corrected chi connectivity index (χ1v) is 5.05. The summed E-state index contributed by atoms with van der Waals surface area (Å²) in [5.74, 6) is -1.94. The van der Waals surface area contributed by atoms with Gasteiger partial charge in [0.15, 0.2) is 6.10 Å². The Bertz CT molecular complexity index is 532. The van der Waals surface area contributed by atoms with E-state index in [1.165, 1.54) is 0 Å². The van der Waals surface area contributed by atoms with Crippen LogP contribution in [0.15, 0.2) is 12.1 Å². The zero-order valence-corrected chi connectivity index (χ0v) is 9.80. The van der Waals surface area contributed by atoms with E-state index in [-0.39, 0.29) is 12.1 Å². The van der Waals surface area contributed by atoms with Gasteiger partial charge in [0.25, 0.3) is 0 Å². The quantitative estimate of drug-likeness (QED) is 0.825. The molecule has 3 nitrogen and oxygen atoms in total. The van der Waals surface area contributed by atoms with Gasteiger partial charge in [-0.3, -0.25) is 0 Å². The normalized spacial score (nSPS) is 14.2. The number of halogens is 6. The standard InChI is InChI=1S/C11H8F6O3/c1-4-6(8(18)9(19)20)2-5(10(12,13)14)3-7(4)11(15,16)17/h2-3,8,18H,1H3,(H,19,20). The maximum absolute atomic E-state index is 12.7. The summed E-state index contributed by atoms with van der Waals surface area (Å²) in [5, 5.41) is 17.8. The summed E-state index contributed by atoms with van der Waals surface area (Å²) < 4.78 is 75.6. The molecule has 0 spiro atoms. The summed E-state index contributed by atoms with van der Waals surface area (Å²) in [6.07, 6.45) is -12.7. The van der Waals surface area contributed by atoms with E-state index < -0.39 is 46.7 Å². The monoisotopic (exact) mass is 302 g/mol. The van der Waals surface area contributed by atoms with Crippen LogP contribution in [0, 0.1) is 6.92 Å². The van der Waals surface area contributed by atoms with Crippen molar-refractivity contribution in [2.45, 2.75) is 25.4 Å². The van der Waals surface area contributed by atoms with Gasteiger partial charge in [-0.25, -0.2) is 4.79 Å². The first kappa shape index (κ1) is 16.3. The Morgan fingerprint density at radius 1 is 1.10 bits per heavy atom. The first-order valence-electron chi connectivity index (χ1n) is 5.05. The van der Waals surface area contributed by atoms with Crippen molar-refractivity contribution in [1.82, 2.24) is 0 Å². The molecule has 0 fully saturated rings. The summed E-state index contributed by atoms with van der Waals surface area (Å²) in [5.41, 5.74) is -5.02. The summed E-state index contributed by atoms with van der Waals surface area (Å²) in [4.78, 5) is 10.6. The van der Waals surface area contributed by atoms with Crippen LogP contribution < -0.4 is 0 Å². The maximum atomic E-state index is 12.7. The lowest BCUT2D eigenvalue weighted by Crippen LogP contribution is -2.18. The maximum Gasteiger partial charge on any atom is 0.416 e. The number of rotatable bonds is 2. The second-order valence-corrected chi connectivity index (χ2v) is 3.97. The van der Waals surface area contributed by atoms with Crippen LogP contribution in [0.5, 0.6) is 0 Å². The number of hydrogen-bond donors (Lipinski definition) is 2. The van der Waals surface area contributed by atoms with Crippen molar-refractivity contribution >= 4 is 5.97 Å². The number of hydrogen-bond acceptors (Lipinski definition) is 2. The molecule has 2 N–H and O–H groups in total. The van der Waals surface area contributed by atoms with Gasteiger partial charge in [-0.15, -0.1) is 0 Å². The van der Waals surface area contributed by atoms with Gasteiger partial charge in [0.1, 0.15) is 0 Å². The summed E-state index contributed by atoms with van der Waals surface area (Å²) >= 11 is 0. The highest BCUT2D eigenvalue weighted by atomic mass is 19.4. The van der Waals surface area contributed by atoms with Gasteiger partial charge in [0, 0.05) is 0 Å². The third kappa shape index (κ3) is 3.21. The smallest absolute Gasteiger partial charge is 0.416 e. The van der Waals surface area contributed by atoms with Gasteiger partial charge in [0.05, 0.1) is 11.1 Å². The number of alkyl halides is 6. The zero-order valence-electron chi connectivity index (χ0n) is 9.80. The van der Waals surface area contributed by atoms with Crippen molar-refractivity contribution in [2.75, 3.05) is 0 Å². The van der Waals surface area contributed by atoms with Crippen LogP contribution in [-0.4, -0.2) is 16.2 Å². The second-order valence-electron chi connectivity index (χ2n) is 3.97. The number of aliphatic hydroxyl groups excluding tert-OH is 1. The molecule has 0 bridgehead atoms. The molecule has 0 saturated heterocycles. The van der Waals surface area contributed by atoms with Gasteiger partial charge in [-0.1, -0.05) is 0 Å². The molecule has 1 aromatic rings. The molecule has 0 amide bonds. The number of aliphatic hydroxyl groups is 1. The number of aliphatic carboxylic acids is 1. The molecule has 1 rings (SSSR count). The van der Waals surface area contributed by atoms with Crippen molar-refractivity contribution in [1.29, 1.82) is 0 Å². The molecule has 0 aliphatic heterocycles. The third-order valence-corrected chi connectivity index (χ3v) is 2.61. The lowest BCUT2D eigenvalue weighted by molar-refractivity contribution is -0.149. The Morgan fingerprint density at radius 2 is 1.60 bits per heavy atom. The van der Waals surface area contributed by atoms with E-state index in [1.807, 2.05) is 0 Å². The number of carboxylic acid groups (broad SMARTS) is 1. The minimum Gasteiger partial charge on any atom is -0.479 e. The Morgan fingerprint density at radius 3 is 1.95 bits per heavy atom. The van der Waals surface area contributed by atoms with Gasteiger partial charge < -0.3 is 10.2 Å². The van der Waals surface area contributed by atoms with Crippen LogP contribution in [0.4, 0.5) is 26.3 Å². The molecule has 1 atom stereocenters. The van der Waals surface area contributed by atoms with Crippen molar-refractivity contribution in [3.8, 4) is 0 Å². The molecule has 112 valence electrons. The van der Waals surface area contributed by atoms with Gasteiger partial charge in [-0.05, 0) is 30.2 Å². The number of carbonyl (C=O) groups is 1. The van der Waals surface area contributed by atoms with Gasteiger partial charge in [-0.2, -0.15) is 26.3 Å². The Balaban J connectivity index is 3.64. The highest BCUT2D eigenvalue weighted by Crippen LogP contribution is 2.40.